The summed E-state index contributed by atoms with van der Waals surface area (Å²) in [4.78, 5) is 61.9. The minimum Gasteiger partial charge on any atom is -0.462 e. The van der Waals surface area contributed by atoms with Crippen molar-refractivity contribution in [2.24, 2.45) is 0 Å². The number of rotatable bonds is 41. The lowest BCUT2D eigenvalue weighted by molar-refractivity contribution is -0.161. The van der Waals surface area contributed by atoms with Gasteiger partial charge in [-0.25, -0.2) is 13.9 Å². The molecule has 8 atom stereocenters. The molecular formula is C50H83N3O16P2. The first-order valence-electron chi connectivity index (χ1n) is 25.3. The molecule has 21 heteroatoms. The van der Waals surface area contributed by atoms with Crippen molar-refractivity contribution in [1.29, 1.82) is 0 Å². The summed E-state index contributed by atoms with van der Waals surface area (Å²) in [5.74, 6) is -1.39. The fourth-order valence-corrected chi connectivity index (χ4v) is 9.25. The van der Waals surface area contributed by atoms with Gasteiger partial charge in [-0.15, -0.1) is 0 Å². The molecule has 71 heavy (non-hydrogen) atoms. The van der Waals surface area contributed by atoms with Crippen LogP contribution >= 0.6 is 15.6 Å². The van der Waals surface area contributed by atoms with Crippen LogP contribution in [0.2, 0.25) is 0 Å². The number of nitrogens with zero attached hydrogens (tertiary/aromatic N) is 2. The first-order chi connectivity index (χ1) is 34.0. The van der Waals surface area contributed by atoms with E-state index < -0.39 is 83.7 Å². The van der Waals surface area contributed by atoms with Gasteiger partial charge in [-0.2, -0.15) is 9.29 Å². The summed E-state index contributed by atoms with van der Waals surface area (Å²) < 4.78 is 56.7. The summed E-state index contributed by atoms with van der Waals surface area (Å²) >= 11 is 0. The van der Waals surface area contributed by atoms with Crippen molar-refractivity contribution >= 4 is 33.4 Å². The van der Waals surface area contributed by atoms with Gasteiger partial charge < -0.3 is 45.1 Å². The molecule has 19 nitrogen and oxygen atoms in total. The van der Waals surface area contributed by atoms with Crippen LogP contribution in [0.1, 0.15) is 168 Å². The van der Waals surface area contributed by atoms with Gasteiger partial charge in [0.15, 0.2) is 12.3 Å². The van der Waals surface area contributed by atoms with Gasteiger partial charge in [0, 0.05) is 19.0 Å². The van der Waals surface area contributed by atoms with Crippen LogP contribution in [0.15, 0.2) is 77.8 Å². The number of phosphoric acid groups is 2. The highest BCUT2D eigenvalue weighted by atomic mass is 31.3. The van der Waals surface area contributed by atoms with E-state index in [1.165, 1.54) is 31.7 Å². The molecule has 1 aromatic rings. The lowest BCUT2D eigenvalue weighted by Gasteiger charge is -2.21. The van der Waals surface area contributed by atoms with E-state index in [-0.39, 0.29) is 24.8 Å². The molecule has 0 aliphatic carbocycles. The zero-order valence-electron chi connectivity index (χ0n) is 41.9. The number of unbranched alkanes of at least 4 members (excludes halogenated alkanes) is 13. The predicted molar refractivity (Wildman–Crippen MR) is 272 cm³/mol. The van der Waals surface area contributed by atoms with Crippen molar-refractivity contribution in [1.82, 2.24) is 9.55 Å². The van der Waals surface area contributed by atoms with E-state index in [0.29, 0.717) is 25.7 Å². The predicted octanol–water partition coefficient (Wildman–Crippen LogP) is 9.30. The average Bonchev–Trinajstić information content (AvgIpc) is 3.59. The number of hydrogen-bond acceptors (Lipinski definition) is 16. The number of ether oxygens (including phenoxy) is 3. The van der Waals surface area contributed by atoms with Gasteiger partial charge in [0.2, 0.25) is 0 Å². The van der Waals surface area contributed by atoms with E-state index >= 15 is 0 Å². The second-order valence-corrected chi connectivity index (χ2v) is 20.6. The molecule has 1 fully saturated rings. The SMILES string of the molecule is CCCCCC/C=C\CCCCCCCCCC(=O)OC[C@H](COP(=O)(O)OP(=O)(O)OC[C@H]1O[C@@H](n2ccc(N)nc2=O)[C@H](O)[C@@H]1O)OC(=O)CCC/C=C\C/C=C\C/C=C\C/C=C\CCC[C@H](C)O. The van der Waals surface area contributed by atoms with Crippen molar-refractivity contribution in [3.8, 4) is 0 Å². The first-order valence-corrected chi connectivity index (χ1v) is 28.3. The zero-order chi connectivity index (χ0) is 52.2. The molecule has 0 aromatic carbocycles. The van der Waals surface area contributed by atoms with E-state index in [4.69, 9.17) is 29.0 Å². The number of carbonyl (C=O) groups is 2. The molecule has 1 saturated heterocycles. The monoisotopic (exact) mass is 1040 g/mol. The summed E-state index contributed by atoms with van der Waals surface area (Å²) in [6, 6.07) is 1.24. The quantitative estimate of drug-likeness (QED) is 0.0154. The second-order valence-electron chi connectivity index (χ2n) is 17.6. The Hall–Kier alpha value is -3.58. The van der Waals surface area contributed by atoms with Crippen LogP contribution in [0.4, 0.5) is 5.82 Å². The molecule has 0 radical (unpaired) electrons. The molecule has 1 aromatic heterocycles. The summed E-state index contributed by atoms with van der Waals surface area (Å²) in [6.07, 6.45) is 34.4. The van der Waals surface area contributed by atoms with Gasteiger partial charge in [-0.3, -0.25) is 23.2 Å². The summed E-state index contributed by atoms with van der Waals surface area (Å²) in [7, 11) is -10.9. The number of aliphatic hydroxyl groups is 3. The molecule has 1 aliphatic heterocycles. The van der Waals surface area contributed by atoms with Crippen molar-refractivity contribution in [2.75, 3.05) is 25.6 Å². The number of phosphoric ester groups is 2. The van der Waals surface area contributed by atoms with Crippen LogP contribution in [-0.2, 0) is 46.3 Å². The van der Waals surface area contributed by atoms with E-state index in [1.807, 2.05) is 18.2 Å². The Bertz CT molecular complexity index is 1940. The standard InChI is InChI=1S/C50H83N3O16P2/c1-3-4-5-6-7-8-9-10-12-16-19-22-25-28-31-34-45(55)64-38-42(67-46(56)35-32-29-26-23-20-17-14-11-13-15-18-21-24-27-30-33-41(2)54)39-65-70(60,61)69-71(62,63)66-40-43-47(57)48(58)49(68-43)53-37-36-44(51)52-50(53)59/h8-9,13-15,17,21,23-24,26,36-37,41-43,47-49,54,57-58H,3-7,10-12,16,18-20,22,25,27-35,38-40H2,1-2H3,(H,60,61)(H,62,63)(H2,51,52,59)/b9-8-,15-13-,17-14-,24-21-,26-23-/t41-,42+,43+,47+,48+,49+/m0/s1. The number of hydrogen-bond donors (Lipinski definition) is 6. The largest absolute Gasteiger partial charge is 0.481 e. The third-order valence-electron chi connectivity index (χ3n) is 11.1. The summed E-state index contributed by atoms with van der Waals surface area (Å²) in [5, 5.41) is 30.2. The van der Waals surface area contributed by atoms with Gasteiger partial charge in [0.1, 0.15) is 30.7 Å². The Morgan fingerprint density at radius 1 is 0.732 bits per heavy atom. The van der Waals surface area contributed by atoms with Crippen molar-refractivity contribution < 1.29 is 71.4 Å². The maximum absolute atomic E-state index is 12.8. The highest BCUT2D eigenvalue weighted by Crippen LogP contribution is 2.60. The minimum atomic E-state index is -5.44. The highest BCUT2D eigenvalue weighted by molar-refractivity contribution is 7.61. The van der Waals surface area contributed by atoms with Crippen LogP contribution < -0.4 is 11.4 Å². The van der Waals surface area contributed by atoms with Crippen LogP contribution in [0, 0.1) is 0 Å². The van der Waals surface area contributed by atoms with Gasteiger partial charge in [-0.05, 0) is 96.5 Å². The molecule has 7 N–H and O–H groups in total. The van der Waals surface area contributed by atoms with Gasteiger partial charge in [0.25, 0.3) is 0 Å². The van der Waals surface area contributed by atoms with E-state index in [1.54, 1.807) is 6.92 Å². The van der Waals surface area contributed by atoms with Crippen molar-refractivity contribution in [2.45, 2.75) is 198 Å². The van der Waals surface area contributed by atoms with Gasteiger partial charge >= 0.3 is 33.3 Å². The lowest BCUT2D eigenvalue weighted by atomic mass is 10.1. The van der Waals surface area contributed by atoms with Crippen molar-refractivity contribution in [3.63, 3.8) is 0 Å². The Morgan fingerprint density at radius 3 is 1.86 bits per heavy atom. The summed E-state index contributed by atoms with van der Waals surface area (Å²) in [6.45, 7) is 1.63. The molecule has 1 aliphatic rings. The zero-order valence-corrected chi connectivity index (χ0v) is 43.7. The molecule has 0 bridgehead atoms. The van der Waals surface area contributed by atoms with Gasteiger partial charge in [0.05, 0.1) is 19.3 Å². The number of aromatic nitrogens is 2. The fraction of sp³-hybridized carbons (Fsp3) is 0.680. The number of nitrogen functional groups attached to an aromatic ring is 1. The molecule has 2 rings (SSSR count). The molecule has 0 amide bonds. The lowest BCUT2D eigenvalue weighted by Crippen LogP contribution is -2.36. The number of anilines is 1. The Balaban J connectivity index is 1.83. The molecule has 2 heterocycles. The molecular weight excluding hydrogens is 961 g/mol. The Morgan fingerprint density at radius 2 is 1.25 bits per heavy atom. The maximum Gasteiger partial charge on any atom is 0.481 e. The van der Waals surface area contributed by atoms with E-state index in [0.717, 1.165) is 94.2 Å². The number of aliphatic hydroxyl groups excluding tert-OH is 3. The van der Waals surface area contributed by atoms with Crippen LogP contribution in [-0.4, -0.2) is 96.9 Å². The minimum absolute atomic E-state index is 0.0403. The normalized spacial score (nSPS) is 20.1. The fourth-order valence-electron chi connectivity index (χ4n) is 7.14. The number of nitrogens with two attached hydrogens (primary N) is 1. The smallest absolute Gasteiger partial charge is 0.462 e. The number of esters is 2. The molecule has 2 unspecified atom stereocenters. The molecule has 0 spiro atoms. The van der Waals surface area contributed by atoms with Crippen LogP contribution in [0.25, 0.3) is 0 Å². The molecule has 404 valence electrons. The van der Waals surface area contributed by atoms with Crippen molar-refractivity contribution in [3.05, 3.63) is 83.5 Å². The maximum atomic E-state index is 12.8. The Kier molecular flexibility index (Phi) is 34.1. The van der Waals surface area contributed by atoms with E-state index in [9.17, 15) is 48.6 Å². The van der Waals surface area contributed by atoms with Crippen LogP contribution in [0.3, 0.4) is 0 Å². The number of carbonyl (C=O) groups excluding carboxylic acids is 2. The Labute approximate surface area is 420 Å². The van der Waals surface area contributed by atoms with E-state index in [2.05, 4.69) is 58.8 Å². The third-order valence-corrected chi connectivity index (χ3v) is 13.7. The van der Waals surface area contributed by atoms with Crippen LogP contribution in [0.5, 0.6) is 0 Å². The topological polar surface area (TPSA) is 286 Å². The van der Waals surface area contributed by atoms with Gasteiger partial charge in [-0.1, -0.05) is 119 Å². The third kappa shape index (κ3) is 31.6. The first kappa shape index (κ1) is 63.5. The summed E-state index contributed by atoms with van der Waals surface area (Å²) in [5.41, 5.74) is 4.58. The second kappa shape index (κ2) is 38.1. The highest BCUT2D eigenvalue weighted by Gasteiger charge is 2.46. The average molecular weight is 1040 g/mol. The molecule has 0 saturated carbocycles. The number of allylic oxidation sites excluding steroid dienone is 10.